The molecule has 98 valence electrons. The van der Waals surface area contributed by atoms with Crippen molar-refractivity contribution in [3.8, 4) is 0 Å². The van der Waals surface area contributed by atoms with Crippen molar-refractivity contribution in [1.29, 1.82) is 0 Å². The predicted molar refractivity (Wildman–Crippen MR) is 65.5 cm³/mol. The molecule has 0 saturated carbocycles. The van der Waals surface area contributed by atoms with Gasteiger partial charge in [0.25, 0.3) is 0 Å². The summed E-state index contributed by atoms with van der Waals surface area (Å²) in [6.45, 7) is 5.85. The van der Waals surface area contributed by atoms with Gasteiger partial charge in [-0.1, -0.05) is 32.6 Å². The summed E-state index contributed by atoms with van der Waals surface area (Å²) in [7, 11) is -4.76. The first kappa shape index (κ1) is 16.7. The predicted octanol–water partition coefficient (Wildman–Crippen LogP) is 3.20. The number of unbranched alkanes of at least 4 members (excludes halogenated alkanes) is 3. The molecule has 3 N–H and O–H groups in total. The molecule has 1 atom stereocenters. The summed E-state index contributed by atoms with van der Waals surface area (Å²) in [4.78, 5) is 26.4. The van der Waals surface area contributed by atoms with E-state index in [4.69, 9.17) is 14.3 Å². The van der Waals surface area contributed by atoms with Gasteiger partial charge in [0, 0.05) is 0 Å². The van der Waals surface area contributed by atoms with Gasteiger partial charge < -0.3 is 19.2 Å². The summed E-state index contributed by atoms with van der Waals surface area (Å²) >= 11 is 0. The van der Waals surface area contributed by atoms with Gasteiger partial charge in [-0.3, -0.25) is 0 Å². The zero-order valence-corrected chi connectivity index (χ0v) is 11.9. The van der Waals surface area contributed by atoms with Gasteiger partial charge in [0.2, 0.25) is 0 Å². The normalized spacial score (nSPS) is 14.4. The molecule has 0 aliphatic carbocycles. The molecule has 0 aromatic carbocycles. The molecule has 0 aliphatic heterocycles. The highest BCUT2D eigenvalue weighted by atomic mass is 31.2. The zero-order chi connectivity index (χ0) is 12.6. The summed E-state index contributed by atoms with van der Waals surface area (Å²) < 4.78 is 9.61. The first-order chi connectivity index (χ1) is 7.37. The van der Waals surface area contributed by atoms with Crippen LogP contribution in [0.5, 0.6) is 0 Å². The molecule has 0 heterocycles. The van der Waals surface area contributed by atoms with Crippen molar-refractivity contribution >= 4 is 17.2 Å². The second-order valence-corrected chi connectivity index (χ2v) is 6.05. The monoisotopic (exact) mass is 272 g/mol. The van der Waals surface area contributed by atoms with E-state index in [1.165, 1.54) is 12.8 Å². The third-order valence-electron chi connectivity index (χ3n) is 2.10. The van der Waals surface area contributed by atoms with E-state index >= 15 is 0 Å². The van der Waals surface area contributed by atoms with E-state index in [0.29, 0.717) is 0 Å². The van der Waals surface area contributed by atoms with Crippen LogP contribution in [0.15, 0.2) is 0 Å². The number of hydrogen-bond donors (Lipinski definition) is 3. The quantitative estimate of drug-likeness (QED) is 0.443. The molecule has 0 saturated heterocycles. The summed E-state index contributed by atoms with van der Waals surface area (Å²) in [5, 5.41) is 0. The Labute approximate surface area is 99.8 Å². The topological polar surface area (TPSA) is 79.2 Å². The van der Waals surface area contributed by atoms with Crippen molar-refractivity contribution in [3.05, 3.63) is 0 Å². The second kappa shape index (κ2) is 8.71. The minimum Gasteiger partial charge on any atom is -0.328 e. The summed E-state index contributed by atoms with van der Waals surface area (Å²) in [5.74, 6) is 0. The molecule has 1 unspecified atom stereocenters. The smallest absolute Gasteiger partial charge is 0.328 e. The van der Waals surface area contributed by atoms with E-state index in [2.05, 4.69) is 11.2 Å². The fourth-order valence-electron chi connectivity index (χ4n) is 1.31. The highest BCUT2D eigenvalue weighted by Gasteiger charge is 2.25. The fourth-order valence-corrected chi connectivity index (χ4v) is 2.46. The lowest BCUT2D eigenvalue weighted by atomic mass is 10.0. The van der Waals surface area contributed by atoms with Crippen molar-refractivity contribution < 1.29 is 23.5 Å². The van der Waals surface area contributed by atoms with Crippen molar-refractivity contribution in [2.24, 2.45) is 0 Å². The Morgan fingerprint density at radius 1 is 1.06 bits per heavy atom. The fraction of sp³-hybridized carbons (Fsp3) is 1.00. The molecule has 0 spiro atoms. The molecule has 0 fully saturated rings. The lowest BCUT2D eigenvalue weighted by Crippen LogP contribution is -2.21. The van der Waals surface area contributed by atoms with Gasteiger partial charge in [-0.25, -0.2) is 4.31 Å². The van der Waals surface area contributed by atoms with Gasteiger partial charge in [-0.15, -0.1) is 0 Å². The Morgan fingerprint density at radius 2 is 1.69 bits per heavy atom. The molecular weight excluding hydrogens is 250 g/mol. The molecule has 0 rings (SSSR count). The molecule has 5 nitrogen and oxygen atoms in total. The molecule has 0 bridgehead atoms. The van der Waals surface area contributed by atoms with Gasteiger partial charge in [0.05, 0.1) is 5.60 Å². The van der Waals surface area contributed by atoms with Gasteiger partial charge >= 0.3 is 17.2 Å². The molecule has 0 amide bonds. The Balaban J connectivity index is 3.75. The number of rotatable bonds is 9. The maximum Gasteiger partial charge on any atom is 0.337 e. The van der Waals surface area contributed by atoms with Crippen LogP contribution >= 0.6 is 17.2 Å². The molecular formula is C9H22O5P2. The van der Waals surface area contributed by atoms with E-state index in [1.807, 2.05) is 13.8 Å². The van der Waals surface area contributed by atoms with Crippen molar-refractivity contribution in [2.75, 3.05) is 0 Å². The average Bonchev–Trinajstić information content (AvgIpc) is 2.10. The summed E-state index contributed by atoms with van der Waals surface area (Å²) in [5.41, 5.74) is -0.500. The van der Waals surface area contributed by atoms with Crippen LogP contribution in [-0.2, 0) is 8.83 Å². The van der Waals surface area contributed by atoms with E-state index in [-0.39, 0.29) is 0 Å². The summed E-state index contributed by atoms with van der Waals surface area (Å²) in [6, 6.07) is 0. The number of hydrogen-bond acceptors (Lipinski definition) is 5. The van der Waals surface area contributed by atoms with Crippen LogP contribution in [0.3, 0.4) is 0 Å². The van der Waals surface area contributed by atoms with Gasteiger partial charge in [-0.2, -0.15) is 0 Å². The first-order valence-electron chi connectivity index (χ1n) is 5.41. The molecule has 0 aliphatic rings. The molecule has 0 aromatic rings. The van der Waals surface area contributed by atoms with Gasteiger partial charge in [0.1, 0.15) is 0 Å². The largest absolute Gasteiger partial charge is 0.337 e. The van der Waals surface area contributed by atoms with E-state index in [9.17, 15) is 4.89 Å². The Hall–Kier alpha value is 0.660. The van der Waals surface area contributed by atoms with Gasteiger partial charge in [-0.05, 0) is 20.3 Å². The van der Waals surface area contributed by atoms with Crippen LogP contribution in [0.1, 0.15) is 52.9 Å². The van der Waals surface area contributed by atoms with Crippen LogP contribution in [0.2, 0.25) is 0 Å². The maximum atomic E-state index is 9.27. The van der Waals surface area contributed by atoms with Crippen molar-refractivity contribution in [2.45, 2.75) is 58.5 Å². The lowest BCUT2D eigenvalue weighted by Gasteiger charge is -2.26. The van der Waals surface area contributed by atoms with E-state index < -0.39 is 22.8 Å². The molecule has 0 aromatic heterocycles. The van der Waals surface area contributed by atoms with Crippen LogP contribution in [0, 0.1) is 0 Å². The van der Waals surface area contributed by atoms with Crippen molar-refractivity contribution in [1.82, 2.24) is 0 Å². The van der Waals surface area contributed by atoms with Gasteiger partial charge in [0.15, 0.2) is 0 Å². The Bertz CT molecular complexity index is 177. The third-order valence-corrected chi connectivity index (χ3v) is 3.89. The van der Waals surface area contributed by atoms with E-state index in [1.54, 1.807) is 0 Å². The van der Waals surface area contributed by atoms with Crippen LogP contribution in [0.4, 0.5) is 0 Å². The van der Waals surface area contributed by atoms with Crippen LogP contribution in [0.25, 0.3) is 0 Å². The maximum absolute atomic E-state index is 9.27. The standard InChI is InChI=1S/C9H22O5P2/c1-4-5-6-7-8-9(2,3)13-16(12)14-15(10)11/h10-12H,4-8H2,1-3H3. The van der Waals surface area contributed by atoms with E-state index in [0.717, 1.165) is 19.3 Å². The Morgan fingerprint density at radius 3 is 2.19 bits per heavy atom. The van der Waals surface area contributed by atoms with Crippen LogP contribution in [-0.4, -0.2) is 20.3 Å². The van der Waals surface area contributed by atoms with Crippen molar-refractivity contribution in [3.63, 3.8) is 0 Å². The zero-order valence-electron chi connectivity index (χ0n) is 10.1. The first-order valence-corrected chi connectivity index (χ1v) is 7.71. The lowest BCUT2D eigenvalue weighted by molar-refractivity contribution is 0.0802. The minimum absolute atomic E-state index is 0.500. The average molecular weight is 272 g/mol. The highest BCUT2D eigenvalue weighted by molar-refractivity contribution is 7.54. The minimum atomic E-state index is -2.56. The SMILES string of the molecule is CCCCCCC(C)(C)OP(O)OP(O)O. The second-order valence-electron chi connectivity index (χ2n) is 4.23. The van der Waals surface area contributed by atoms with Crippen LogP contribution < -0.4 is 0 Å². The highest BCUT2D eigenvalue weighted by Crippen LogP contribution is 2.49. The summed E-state index contributed by atoms with van der Waals surface area (Å²) in [6.07, 6.45) is 5.34. The molecule has 16 heavy (non-hydrogen) atoms. The molecule has 0 radical (unpaired) electrons. The Kier molecular flexibility index (Phi) is 9.07. The molecule has 7 heteroatoms. The third kappa shape index (κ3) is 9.86.